The van der Waals surface area contributed by atoms with Crippen LogP contribution in [0, 0.1) is 0 Å². The third-order valence-corrected chi connectivity index (χ3v) is 3.84. The molecule has 134 valence electrons. The van der Waals surface area contributed by atoms with Crippen LogP contribution in [0.15, 0.2) is 48.5 Å². The van der Waals surface area contributed by atoms with Crippen LogP contribution < -0.4 is 14.8 Å². The van der Waals surface area contributed by atoms with Gasteiger partial charge in [-0.2, -0.15) is 0 Å². The summed E-state index contributed by atoms with van der Waals surface area (Å²) in [6, 6.07) is 14.5. The van der Waals surface area contributed by atoms with E-state index in [0.717, 1.165) is 11.3 Å². The molecule has 0 saturated heterocycles. The van der Waals surface area contributed by atoms with E-state index in [1.165, 1.54) is 0 Å². The first-order chi connectivity index (χ1) is 11.8. The first-order valence-electron chi connectivity index (χ1n) is 8.34. The summed E-state index contributed by atoms with van der Waals surface area (Å²) < 4.78 is 11.3. The van der Waals surface area contributed by atoms with E-state index in [1.54, 1.807) is 31.2 Å². The highest BCUT2D eigenvalue weighted by molar-refractivity contribution is 6.30. The number of benzene rings is 2. The molecule has 1 amide bonds. The molecule has 4 nitrogen and oxygen atoms in total. The molecule has 5 heteroatoms. The molecule has 0 aliphatic heterocycles. The number of carbonyl (C=O) groups excluding carboxylic acids is 1. The number of halogens is 1. The minimum absolute atomic E-state index is 0.105. The fourth-order valence-corrected chi connectivity index (χ4v) is 2.44. The van der Waals surface area contributed by atoms with Gasteiger partial charge >= 0.3 is 0 Å². The van der Waals surface area contributed by atoms with E-state index >= 15 is 0 Å². The van der Waals surface area contributed by atoms with Crippen molar-refractivity contribution in [2.24, 2.45) is 0 Å². The van der Waals surface area contributed by atoms with Gasteiger partial charge in [0.1, 0.15) is 11.5 Å². The van der Waals surface area contributed by atoms with Crippen molar-refractivity contribution in [2.45, 2.75) is 45.9 Å². The van der Waals surface area contributed by atoms with E-state index in [-0.39, 0.29) is 18.1 Å². The summed E-state index contributed by atoms with van der Waals surface area (Å²) in [5.74, 6) is 1.21. The quantitative estimate of drug-likeness (QED) is 0.772. The van der Waals surface area contributed by atoms with Crippen molar-refractivity contribution in [3.63, 3.8) is 0 Å². The van der Waals surface area contributed by atoms with Crippen molar-refractivity contribution < 1.29 is 14.3 Å². The van der Waals surface area contributed by atoms with E-state index in [2.05, 4.69) is 5.32 Å². The second-order valence-corrected chi connectivity index (χ2v) is 6.62. The summed E-state index contributed by atoms with van der Waals surface area (Å²) in [6.07, 6.45) is -0.508. The highest BCUT2D eigenvalue weighted by Gasteiger charge is 2.18. The minimum atomic E-state index is -0.612. The highest BCUT2D eigenvalue weighted by atomic mass is 35.5. The number of rotatable bonds is 7. The van der Waals surface area contributed by atoms with E-state index < -0.39 is 6.10 Å². The Hall–Kier alpha value is -2.20. The largest absolute Gasteiger partial charge is 0.491 e. The van der Waals surface area contributed by atoms with Crippen LogP contribution >= 0.6 is 11.6 Å². The highest BCUT2D eigenvalue weighted by Crippen LogP contribution is 2.21. The van der Waals surface area contributed by atoms with Crippen LogP contribution in [0.4, 0.5) is 0 Å². The summed E-state index contributed by atoms with van der Waals surface area (Å²) in [5.41, 5.74) is 0.977. The molecule has 0 spiro atoms. The molecule has 0 heterocycles. The number of hydrogen-bond acceptors (Lipinski definition) is 3. The Morgan fingerprint density at radius 3 is 2.28 bits per heavy atom. The van der Waals surface area contributed by atoms with Gasteiger partial charge in [0, 0.05) is 5.02 Å². The fraction of sp³-hybridized carbons (Fsp3) is 0.350. The van der Waals surface area contributed by atoms with Crippen molar-refractivity contribution in [2.75, 3.05) is 0 Å². The number of ether oxygens (including phenoxy) is 2. The zero-order valence-corrected chi connectivity index (χ0v) is 15.7. The maximum Gasteiger partial charge on any atom is 0.261 e. The minimum Gasteiger partial charge on any atom is -0.491 e. The molecule has 2 atom stereocenters. The number of hydrogen-bond donors (Lipinski definition) is 1. The Morgan fingerprint density at radius 1 is 0.960 bits per heavy atom. The average Bonchev–Trinajstić information content (AvgIpc) is 2.56. The van der Waals surface area contributed by atoms with Gasteiger partial charge < -0.3 is 14.8 Å². The van der Waals surface area contributed by atoms with Gasteiger partial charge in [-0.25, -0.2) is 0 Å². The van der Waals surface area contributed by atoms with Gasteiger partial charge in [0.2, 0.25) is 0 Å². The van der Waals surface area contributed by atoms with Crippen LogP contribution in [0.5, 0.6) is 11.5 Å². The average molecular weight is 362 g/mol. The van der Waals surface area contributed by atoms with Crippen molar-refractivity contribution in [3.05, 3.63) is 59.1 Å². The van der Waals surface area contributed by atoms with Gasteiger partial charge in [0.25, 0.3) is 5.91 Å². The molecule has 1 N–H and O–H groups in total. The monoisotopic (exact) mass is 361 g/mol. The Balaban J connectivity index is 1.95. The zero-order chi connectivity index (χ0) is 18.4. The Labute approximate surface area is 154 Å². The van der Waals surface area contributed by atoms with Crippen molar-refractivity contribution in [1.82, 2.24) is 5.32 Å². The normalized spacial score (nSPS) is 13.2. The van der Waals surface area contributed by atoms with E-state index in [9.17, 15) is 4.79 Å². The molecule has 0 saturated carbocycles. The molecule has 0 aliphatic rings. The fourth-order valence-electron chi connectivity index (χ4n) is 2.31. The molecule has 25 heavy (non-hydrogen) atoms. The molecule has 0 bridgehead atoms. The van der Waals surface area contributed by atoms with E-state index in [1.807, 2.05) is 45.0 Å². The van der Waals surface area contributed by atoms with Crippen molar-refractivity contribution in [1.29, 1.82) is 0 Å². The third kappa shape index (κ3) is 5.98. The van der Waals surface area contributed by atoms with Gasteiger partial charge in [0.05, 0.1) is 12.1 Å². The molecule has 0 aromatic heterocycles. The molecule has 0 radical (unpaired) electrons. The SMILES string of the molecule is CC(C)Oc1cccc(C(C)NC(=O)C(C)Oc2ccc(Cl)cc2)c1. The molecule has 0 aliphatic carbocycles. The number of nitrogens with one attached hydrogen (secondary N) is 1. The maximum absolute atomic E-state index is 12.4. The smallest absolute Gasteiger partial charge is 0.261 e. The first kappa shape index (κ1) is 19.1. The summed E-state index contributed by atoms with van der Waals surface area (Å²) in [4.78, 5) is 12.4. The summed E-state index contributed by atoms with van der Waals surface area (Å²) in [6.45, 7) is 7.61. The topological polar surface area (TPSA) is 47.6 Å². The Morgan fingerprint density at radius 2 is 1.64 bits per heavy atom. The van der Waals surface area contributed by atoms with E-state index in [0.29, 0.717) is 10.8 Å². The lowest BCUT2D eigenvalue weighted by Crippen LogP contribution is -2.37. The third-order valence-electron chi connectivity index (χ3n) is 3.58. The summed E-state index contributed by atoms with van der Waals surface area (Å²) >= 11 is 5.85. The van der Waals surface area contributed by atoms with Crippen LogP contribution in [0.1, 0.15) is 39.3 Å². The lowest BCUT2D eigenvalue weighted by atomic mass is 10.1. The van der Waals surface area contributed by atoms with Crippen LogP contribution in [0.2, 0.25) is 5.02 Å². The van der Waals surface area contributed by atoms with Gasteiger partial charge in [-0.3, -0.25) is 4.79 Å². The summed E-state index contributed by atoms with van der Waals surface area (Å²) in [5, 5.41) is 3.59. The molecular formula is C20H24ClNO3. The molecule has 0 fully saturated rings. The van der Waals surface area contributed by atoms with Crippen LogP contribution in [-0.4, -0.2) is 18.1 Å². The molecule has 2 aromatic rings. The number of carbonyl (C=O) groups is 1. The Kier molecular flexibility index (Phi) is 6.71. The molecule has 2 unspecified atom stereocenters. The maximum atomic E-state index is 12.4. The van der Waals surface area contributed by atoms with Gasteiger partial charge in [-0.1, -0.05) is 23.7 Å². The van der Waals surface area contributed by atoms with Crippen LogP contribution in [-0.2, 0) is 4.79 Å². The van der Waals surface area contributed by atoms with Crippen LogP contribution in [0.25, 0.3) is 0 Å². The van der Waals surface area contributed by atoms with E-state index in [4.69, 9.17) is 21.1 Å². The van der Waals surface area contributed by atoms with Gasteiger partial charge in [-0.05, 0) is 69.7 Å². The lowest BCUT2D eigenvalue weighted by Gasteiger charge is -2.20. The predicted molar refractivity (Wildman–Crippen MR) is 100 cm³/mol. The lowest BCUT2D eigenvalue weighted by molar-refractivity contribution is -0.127. The van der Waals surface area contributed by atoms with Crippen LogP contribution in [0.3, 0.4) is 0 Å². The molecular weight excluding hydrogens is 338 g/mol. The van der Waals surface area contributed by atoms with Gasteiger partial charge in [-0.15, -0.1) is 0 Å². The Bertz CT molecular complexity index is 700. The molecule has 2 aromatic carbocycles. The summed E-state index contributed by atoms with van der Waals surface area (Å²) in [7, 11) is 0. The predicted octanol–water partition coefficient (Wildman–Crippen LogP) is 4.77. The second kappa shape index (κ2) is 8.77. The first-order valence-corrected chi connectivity index (χ1v) is 8.72. The second-order valence-electron chi connectivity index (χ2n) is 6.18. The zero-order valence-electron chi connectivity index (χ0n) is 15.0. The standard InChI is InChI=1S/C20H24ClNO3/c1-13(2)24-19-7-5-6-16(12-19)14(3)22-20(23)15(4)25-18-10-8-17(21)9-11-18/h5-15H,1-4H3,(H,22,23). The van der Waals surface area contributed by atoms with Gasteiger partial charge in [0.15, 0.2) is 6.10 Å². The van der Waals surface area contributed by atoms with Crippen molar-refractivity contribution >= 4 is 17.5 Å². The number of amides is 1. The van der Waals surface area contributed by atoms with Crippen molar-refractivity contribution in [3.8, 4) is 11.5 Å². The molecule has 2 rings (SSSR count).